The number of benzene rings is 2. The minimum Gasteiger partial charge on any atom is -0.319 e. The molecule has 2 heterocycles. The van der Waals surface area contributed by atoms with Crippen LogP contribution in [0.15, 0.2) is 54.6 Å². The molecule has 3 amide bonds. The Morgan fingerprint density at radius 1 is 1.04 bits per heavy atom. The number of carbonyl (C=O) groups excluding carboxylic acids is 2. The molecule has 1 fully saturated rings. The molecule has 2 aliphatic heterocycles. The summed E-state index contributed by atoms with van der Waals surface area (Å²) in [5, 5.41) is 3.05. The van der Waals surface area contributed by atoms with Crippen LogP contribution in [-0.2, 0) is 23.3 Å². The van der Waals surface area contributed by atoms with E-state index in [9.17, 15) is 9.59 Å². The van der Waals surface area contributed by atoms with E-state index in [2.05, 4.69) is 43.4 Å². The van der Waals surface area contributed by atoms with Gasteiger partial charge < -0.3 is 10.2 Å². The molecular weight excluding hydrogens is 350 g/mol. The second-order valence-electron chi connectivity index (χ2n) is 8.39. The second-order valence-corrected chi connectivity index (χ2v) is 8.39. The Balaban J connectivity index is 1.58. The molecular formula is C23H28N3O2+. The Kier molecular flexibility index (Phi) is 4.94. The lowest BCUT2D eigenvalue weighted by molar-refractivity contribution is -0.923. The number of rotatable bonds is 5. The summed E-state index contributed by atoms with van der Waals surface area (Å²) in [7, 11) is 0. The van der Waals surface area contributed by atoms with Gasteiger partial charge in [-0.3, -0.25) is 4.79 Å². The van der Waals surface area contributed by atoms with Crippen molar-refractivity contribution in [1.82, 2.24) is 10.2 Å². The van der Waals surface area contributed by atoms with Gasteiger partial charge in [0.1, 0.15) is 12.1 Å². The topological polar surface area (TPSA) is 53.9 Å². The van der Waals surface area contributed by atoms with E-state index in [-0.39, 0.29) is 17.9 Å². The number of urea groups is 1. The molecule has 0 spiro atoms. The number of nitrogens with one attached hydrogen (secondary N) is 2. The van der Waals surface area contributed by atoms with Crippen molar-refractivity contribution in [3.05, 3.63) is 71.3 Å². The van der Waals surface area contributed by atoms with E-state index in [1.807, 2.05) is 30.3 Å². The zero-order valence-electron chi connectivity index (χ0n) is 16.6. The minimum absolute atomic E-state index is 0.122. The van der Waals surface area contributed by atoms with Crippen LogP contribution in [0.3, 0.4) is 0 Å². The quantitative estimate of drug-likeness (QED) is 0.783. The van der Waals surface area contributed by atoms with Crippen molar-refractivity contribution in [3.63, 3.8) is 0 Å². The van der Waals surface area contributed by atoms with E-state index in [0.717, 1.165) is 25.1 Å². The van der Waals surface area contributed by atoms with Crippen molar-refractivity contribution in [1.29, 1.82) is 0 Å². The number of nitrogens with zero attached hydrogens (tertiary/aromatic N) is 1. The first-order valence-electron chi connectivity index (χ1n) is 10.1. The molecule has 2 aromatic rings. The maximum Gasteiger partial charge on any atom is 0.329 e. The first-order valence-corrected chi connectivity index (χ1v) is 10.1. The standard InChI is InChI=1S/C23H27N3O2/c1-17(2)14-23(20-10-4-3-5-11-20)21(27)26(22(28)24-23)16-25-13-12-18-8-6-7-9-19(18)15-25/h3-11,17H,12-16H2,1-2H3,(H,24,28)/p+1/t23-/m0/s1. The summed E-state index contributed by atoms with van der Waals surface area (Å²) >= 11 is 0. The van der Waals surface area contributed by atoms with Gasteiger partial charge in [0.25, 0.3) is 5.91 Å². The van der Waals surface area contributed by atoms with Crippen LogP contribution in [-0.4, -0.2) is 30.1 Å². The summed E-state index contributed by atoms with van der Waals surface area (Å²) in [6.45, 7) is 6.34. The number of imide groups is 1. The van der Waals surface area contributed by atoms with E-state index in [1.54, 1.807) is 0 Å². The third kappa shape index (κ3) is 3.31. The highest BCUT2D eigenvalue weighted by molar-refractivity contribution is 6.07. The second kappa shape index (κ2) is 7.40. The summed E-state index contributed by atoms with van der Waals surface area (Å²) in [6.07, 6.45) is 1.57. The highest BCUT2D eigenvalue weighted by atomic mass is 16.2. The van der Waals surface area contributed by atoms with Crippen molar-refractivity contribution in [2.75, 3.05) is 13.2 Å². The SMILES string of the molecule is CC(C)C[C@@]1(c2ccccc2)NC(=O)N(C[NH+]2CCc3ccccc3C2)C1=O. The maximum absolute atomic E-state index is 13.5. The average Bonchev–Trinajstić information content (AvgIpc) is 2.93. The molecule has 0 aliphatic carbocycles. The third-order valence-electron chi connectivity index (χ3n) is 5.85. The van der Waals surface area contributed by atoms with Crippen molar-refractivity contribution in [2.45, 2.75) is 38.8 Å². The fourth-order valence-electron chi connectivity index (χ4n) is 4.56. The van der Waals surface area contributed by atoms with Crippen molar-refractivity contribution in [2.24, 2.45) is 5.92 Å². The van der Waals surface area contributed by atoms with Crippen LogP contribution in [0, 0.1) is 5.92 Å². The zero-order chi connectivity index (χ0) is 19.7. The molecule has 1 saturated heterocycles. The molecule has 146 valence electrons. The van der Waals surface area contributed by atoms with Crippen molar-refractivity contribution < 1.29 is 14.5 Å². The van der Waals surface area contributed by atoms with Gasteiger partial charge in [0.2, 0.25) is 0 Å². The first kappa shape index (κ1) is 18.7. The minimum atomic E-state index is -0.959. The third-order valence-corrected chi connectivity index (χ3v) is 5.85. The first-order chi connectivity index (χ1) is 13.5. The van der Waals surface area contributed by atoms with Crippen molar-refractivity contribution >= 4 is 11.9 Å². The lowest BCUT2D eigenvalue weighted by Gasteiger charge is -2.30. The maximum atomic E-state index is 13.5. The highest BCUT2D eigenvalue weighted by Crippen LogP contribution is 2.34. The van der Waals surface area contributed by atoms with Gasteiger partial charge in [0.05, 0.1) is 6.54 Å². The molecule has 0 radical (unpaired) electrons. The van der Waals surface area contributed by atoms with Crippen LogP contribution in [0.4, 0.5) is 4.79 Å². The van der Waals surface area contributed by atoms with E-state index < -0.39 is 5.54 Å². The van der Waals surface area contributed by atoms with E-state index in [0.29, 0.717) is 13.1 Å². The van der Waals surface area contributed by atoms with E-state index in [1.165, 1.54) is 20.9 Å². The lowest BCUT2D eigenvalue weighted by atomic mass is 9.82. The predicted octanol–water partition coefficient (Wildman–Crippen LogP) is 2.08. The summed E-state index contributed by atoms with van der Waals surface area (Å²) in [5.74, 6) is 0.155. The number of quaternary nitrogens is 1. The Hall–Kier alpha value is -2.66. The molecule has 0 aromatic heterocycles. The van der Waals surface area contributed by atoms with Gasteiger partial charge in [-0.25, -0.2) is 9.69 Å². The normalized spacial score (nSPS) is 24.4. The molecule has 5 heteroatoms. The van der Waals surface area contributed by atoms with Crippen LogP contribution in [0.2, 0.25) is 0 Å². The number of carbonyl (C=O) groups is 2. The van der Waals surface area contributed by atoms with Crippen LogP contribution >= 0.6 is 0 Å². The van der Waals surface area contributed by atoms with E-state index in [4.69, 9.17) is 0 Å². The van der Waals surface area contributed by atoms with Crippen LogP contribution in [0.1, 0.15) is 37.0 Å². The van der Waals surface area contributed by atoms with Crippen LogP contribution in [0.5, 0.6) is 0 Å². The predicted molar refractivity (Wildman–Crippen MR) is 107 cm³/mol. The monoisotopic (exact) mass is 378 g/mol. The molecule has 5 nitrogen and oxygen atoms in total. The van der Waals surface area contributed by atoms with E-state index >= 15 is 0 Å². The van der Waals surface area contributed by atoms with Gasteiger partial charge in [-0.15, -0.1) is 0 Å². The lowest BCUT2D eigenvalue weighted by Crippen LogP contribution is -3.13. The van der Waals surface area contributed by atoms with Gasteiger partial charge in [-0.05, 0) is 23.5 Å². The van der Waals surface area contributed by atoms with Crippen LogP contribution in [0.25, 0.3) is 0 Å². The van der Waals surface area contributed by atoms with Gasteiger partial charge in [-0.2, -0.15) is 0 Å². The molecule has 2 N–H and O–H groups in total. The molecule has 2 atom stereocenters. The summed E-state index contributed by atoms with van der Waals surface area (Å²) in [4.78, 5) is 29.1. The Morgan fingerprint density at radius 3 is 2.43 bits per heavy atom. The summed E-state index contributed by atoms with van der Waals surface area (Å²) in [5.41, 5.74) is 2.59. The zero-order valence-corrected chi connectivity index (χ0v) is 16.6. The van der Waals surface area contributed by atoms with Crippen molar-refractivity contribution in [3.8, 4) is 0 Å². The summed E-state index contributed by atoms with van der Waals surface area (Å²) < 4.78 is 0. The highest BCUT2D eigenvalue weighted by Gasteiger charge is 2.53. The number of fused-ring (bicyclic) bond motifs is 1. The largest absolute Gasteiger partial charge is 0.329 e. The van der Waals surface area contributed by atoms with Gasteiger partial charge in [-0.1, -0.05) is 68.4 Å². The van der Waals surface area contributed by atoms with Gasteiger partial charge in [0.15, 0.2) is 6.67 Å². The van der Waals surface area contributed by atoms with Gasteiger partial charge in [0, 0.05) is 12.0 Å². The number of hydrogen-bond acceptors (Lipinski definition) is 2. The smallest absolute Gasteiger partial charge is 0.319 e. The molecule has 0 saturated carbocycles. The fraction of sp³-hybridized carbons (Fsp3) is 0.391. The molecule has 2 aromatic carbocycles. The molecule has 0 bridgehead atoms. The van der Waals surface area contributed by atoms with Gasteiger partial charge >= 0.3 is 6.03 Å². The summed E-state index contributed by atoms with van der Waals surface area (Å²) in [6, 6.07) is 17.8. The Morgan fingerprint density at radius 2 is 1.71 bits per heavy atom. The van der Waals surface area contributed by atoms with Crippen LogP contribution < -0.4 is 10.2 Å². The number of hydrogen-bond donors (Lipinski definition) is 2. The Bertz CT molecular complexity index is 880. The molecule has 4 rings (SSSR count). The molecule has 28 heavy (non-hydrogen) atoms. The molecule has 1 unspecified atom stereocenters. The number of amides is 3. The fourth-order valence-corrected chi connectivity index (χ4v) is 4.56. The molecule has 2 aliphatic rings. The Labute approximate surface area is 166 Å². The average molecular weight is 378 g/mol.